The first kappa shape index (κ1) is 24.6. The molecule has 0 aromatic carbocycles. The highest BCUT2D eigenvalue weighted by Crippen LogP contribution is 2.46. The van der Waals surface area contributed by atoms with Gasteiger partial charge in [-0.1, -0.05) is 0 Å². The first-order chi connectivity index (χ1) is 15.4. The standard InChI is InChI=1S/C16H22N4O6.C2HF3O2/c1-18-4-6-19(7-5-18)15(22)25-8-10-9-2-3-17-11-12(9)20(13(11)21)14(10)26-16(23)24;3-2(4,5)1(6)7/h9,11-12,17H,2-8H2,1H3,(H,23,24);(H,6,7)/t9?,11-,12+;/m0./s1. The minimum Gasteiger partial charge on any atom is -0.475 e. The lowest BCUT2D eigenvalue weighted by Crippen LogP contribution is -2.71. The number of alkyl halides is 3. The SMILES string of the molecule is CN1CCN(C(=O)OCC2=C(OC(=O)O)N3C(=O)[C@H]4NCCC2[C@H]43)CC1.O=C(O)C(F)(F)F. The molecule has 0 saturated carbocycles. The first-order valence-corrected chi connectivity index (χ1v) is 10.0. The lowest BCUT2D eigenvalue weighted by atomic mass is 9.79. The fourth-order valence-electron chi connectivity index (χ4n) is 4.21. The van der Waals surface area contributed by atoms with E-state index in [-0.39, 0.29) is 36.4 Å². The molecule has 33 heavy (non-hydrogen) atoms. The van der Waals surface area contributed by atoms with Gasteiger partial charge in [-0.3, -0.25) is 9.69 Å². The maximum Gasteiger partial charge on any atom is 0.512 e. The monoisotopic (exact) mass is 480 g/mol. The summed E-state index contributed by atoms with van der Waals surface area (Å²) in [6.07, 6.45) is -6.25. The van der Waals surface area contributed by atoms with Gasteiger partial charge in [0.2, 0.25) is 11.8 Å². The molecule has 4 heterocycles. The summed E-state index contributed by atoms with van der Waals surface area (Å²) in [5.41, 5.74) is 0.581. The van der Waals surface area contributed by atoms with Crippen molar-refractivity contribution in [3.8, 4) is 0 Å². The molecule has 4 aliphatic heterocycles. The highest BCUT2D eigenvalue weighted by atomic mass is 19.4. The number of carboxylic acids is 1. The topological polar surface area (TPSA) is 149 Å². The predicted molar refractivity (Wildman–Crippen MR) is 101 cm³/mol. The van der Waals surface area contributed by atoms with Gasteiger partial charge in [-0.25, -0.2) is 14.4 Å². The number of carboxylic acid groups (broad SMARTS) is 2. The fourth-order valence-corrected chi connectivity index (χ4v) is 4.21. The van der Waals surface area contributed by atoms with Crippen molar-refractivity contribution in [3.63, 3.8) is 0 Å². The third-order valence-electron chi connectivity index (χ3n) is 5.86. The predicted octanol–water partition coefficient (Wildman–Crippen LogP) is 0.112. The molecule has 3 atom stereocenters. The third kappa shape index (κ3) is 5.13. The zero-order valence-corrected chi connectivity index (χ0v) is 17.5. The minimum atomic E-state index is -5.08. The van der Waals surface area contributed by atoms with Crippen LogP contribution >= 0.6 is 0 Å². The van der Waals surface area contributed by atoms with E-state index >= 15 is 0 Å². The molecule has 0 aromatic heterocycles. The van der Waals surface area contributed by atoms with E-state index in [1.165, 1.54) is 4.90 Å². The van der Waals surface area contributed by atoms with E-state index in [4.69, 9.17) is 24.5 Å². The summed E-state index contributed by atoms with van der Waals surface area (Å²) in [7, 11) is 2.00. The molecule has 0 aliphatic carbocycles. The Morgan fingerprint density at radius 2 is 1.76 bits per heavy atom. The van der Waals surface area contributed by atoms with Crippen LogP contribution in [0.25, 0.3) is 0 Å². The summed E-state index contributed by atoms with van der Waals surface area (Å²) in [5, 5.41) is 19.3. The van der Waals surface area contributed by atoms with Crippen LogP contribution in [0.2, 0.25) is 0 Å². The number of nitrogens with zero attached hydrogens (tertiary/aromatic N) is 3. The van der Waals surface area contributed by atoms with Crippen LogP contribution in [0.1, 0.15) is 6.42 Å². The van der Waals surface area contributed by atoms with Crippen molar-refractivity contribution in [2.45, 2.75) is 24.7 Å². The highest BCUT2D eigenvalue weighted by Gasteiger charge is 2.61. The Morgan fingerprint density at radius 1 is 1.15 bits per heavy atom. The number of hydrogen-bond donors (Lipinski definition) is 3. The van der Waals surface area contributed by atoms with Crippen molar-refractivity contribution in [2.75, 3.05) is 46.4 Å². The maximum atomic E-state index is 12.3. The first-order valence-electron chi connectivity index (χ1n) is 10.0. The van der Waals surface area contributed by atoms with Gasteiger partial charge in [-0.05, 0) is 20.0 Å². The second kappa shape index (κ2) is 9.43. The number of carbonyl (C=O) groups is 4. The highest BCUT2D eigenvalue weighted by molar-refractivity contribution is 5.93. The summed E-state index contributed by atoms with van der Waals surface area (Å²) < 4.78 is 42.1. The number of halogens is 3. The Morgan fingerprint density at radius 3 is 2.30 bits per heavy atom. The van der Waals surface area contributed by atoms with E-state index in [1.807, 2.05) is 7.05 Å². The molecule has 4 aliphatic rings. The second-order valence-corrected chi connectivity index (χ2v) is 7.87. The number of aliphatic carboxylic acids is 1. The molecule has 0 aromatic rings. The van der Waals surface area contributed by atoms with E-state index in [0.717, 1.165) is 19.5 Å². The third-order valence-corrected chi connectivity index (χ3v) is 5.86. The van der Waals surface area contributed by atoms with E-state index < -0.39 is 24.4 Å². The number of nitrogens with one attached hydrogen (secondary N) is 1. The molecule has 3 saturated heterocycles. The molecule has 0 spiro atoms. The minimum absolute atomic E-state index is 0.0172. The molecule has 4 rings (SSSR count). The van der Waals surface area contributed by atoms with Crippen LogP contribution in [0.15, 0.2) is 11.5 Å². The summed E-state index contributed by atoms with van der Waals surface area (Å²) in [5.74, 6) is -2.99. The number of piperazine rings is 1. The van der Waals surface area contributed by atoms with E-state index in [1.54, 1.807) is 4.90 Å². The Hall–Kier alpha value is -3.07. The second-order valence-electron chi connectivity index (χ2n) is 7.87. The average molecular weight is 480 g/mol. The molecule has 3 fully saturated rings. The number of piperidine rings is 1. The number of carbonyl (C=O) groups excluding carboxylic acids is 2. The van der Waals surface area contributed by atoms with Gasteiger partial charge in [-0.2, -0.15) is 13.2 Å². The quantitative estimate of drug-likeness (QED) is 0.375. The smallest absolute Gasteiger partial charge is 0.475 e. The van der Waals surface area contributed by atoms with Gasteiger partial charge in [-0.15, -0.1) is 0 Å². The molecule has 3 N–H and O–H groups in total. The van der Waals surface area contributed by atoms with Gasteiger partial charge in [0, 0.05) is 37.7 Å². The number of hydrogen-bond acceptors (Lipinski definition) is 8. The summed E-state index contributed by atoms with van der Waals surface area (Å²) >= 11 is 0. The summed E-state index contributed by atoms with van der Waals surface area (Å²) in [6, 6.07) is -0.463. The zero-order valence-electron chi connectivity index (χ0n) is 17.5. The van der Waals surface area contributed by atoms with Crippen molar-refractivity contribution < 1.29 is 52.0 Å². The molecule has 0 bridgehead atoms. The van der Waals surface area contributed by atoms with Gasteiger partial charge in [0.05, 0.1) is 6.04 Å². The van der Waals surface area contributed by atoms with Gasteiger partial charge in [0.15, 0.2) is 0 Å². The number of likely N-dealkylation sites (N-methyl/N-ethyl adjacent to an activating group) is 1. The van der Waals surface area contributed by atoms with Crippen LogP contribution < -0.4 is 5.32 Å². The normalized spacial score (nSPS) is 26.7. The summed E-state index contributed by atoms with van der Waals surface area (Å²) in [4.78, 5) is 49.7. The summed E-state index contributed by atoms with van der Waals surface area (Å²) in [6.45, 7) is 3.34. The van der Waals surface area contributed by atoms with Crippen LogP contribution in [0.5, 0.6) is 0 Å². The number of amides is 2. The number of β-lactam (4-membered cyclic amide) rings is 1. The lowest BCUT2D eigenvalue weighted by Gasteiger charge is -2.48. The Bertz CT molecular complexity index is 856. The molecule has 2 amide bonds. The molecule has 1 unspecified atom stereocenters. The largest absolute Gasteiger partial charge is 0.512 e. The molecule has 0 radical (unpaired) electrons. The van der Waals surface area contributed by atoms with Crippen molar-refractivity contribution in [2.24, 2.45) is 5.92 Å². The molecule has 184 valence electrons. The van der Waals surface area contributed by atoms with Crippen molar-refractivity contribution in [1.82, 2.24) is 20.0 Å². The van der Waals surface area contributed by atoms with Crippen LogP contribution in [0.3, 0.4) is 0 Å². The van der Waals surface area contributed by atoms with Gasteiger partial charge in [0.1, 0.15) is 12.6 Å². The van der Waals surface area contributed by atoms with Crippen molar-refractivity contribution in [3.05, 3.63) is 11.5 Å². The van der Waals surface area contributed by atoms with E-state index in [0.29, 0.717) is 25.2 Å². The van der Waals surface area contributed by atoms with Gasteiger partial charge >= 0.3 is 24.4 Å². The Balaban J connectivity index is 0.000000383. The Kier molecular flexibility index (Phi) is 7.02. The molecular weight excluding hydrogens is 457 g/mol. The van der Waals surface area contributed by atoms with E-state index in [9.17, 15) is 27.6 Å². The van der Waals surface area contributed by atoms with Crippen molar-refractivity contribution >= 4 is 24.1 Å². The van der Waals surface area contributed by atoms with Gasteiger partial charge < -0.3 is 34.8 Å². The lowest BCUT2D eigenvalue weighted by molar-refractivity contribution is -0.192. The van der Waals surface area contributed by atoms with Crippen molar-refractivity contribution in [1.29, 1.82) is 0 Å². The molecule has 12 nitrogen and oxygen atoms in total. The maximum absolute atomic E-state index is 12.3. The fraction of sp³-hybridized carbons (Fsp3) is 0.667. The van der Waals surface area contributed by atoms with Crippen LogP contribution in [0, 0.1) is 5.92 Å². The molecule has 15 heteroatoms. The van der Waals surface area contributed by atoms with Crippen LogP contribution in [-0.2, 0) is 19.1 Å². The Labute approximate surface area is 185 Å². The van der Waals surface area contributed by atoms with E-state index in [2.05, 4.69) is 10.2 Å². The molecular formula is C18H23F3N4O8. The van der Waals surface area contributed by atoms with Gasteiger partial charge in [0.25, 0.3) is 0 Å². The number of rotatable bonds is 3. The average Bonchev–Trinajstić information content (AvgIpc) is 3.03. The number of ether oxygens (including phenoxy) is 2. The van der Waals surface area contributed by atoms with Crippen LogP contribution in [0.4, 0.5) is 22.8 Å². The van der Waals surface area contributed by atoms with Crippen LogP contribution in [-0.4, -0.2) is 114 Å². The zero-order chi connectivity index (χ0) is 24.5.